The van der Waals surface area contributed by atoms with Crippen LogP contribution in [0.5, 0.6) is 0 Å². The molecule has 0 aromatic carbocycles. The van der Waals surface area contributed by atoms with Crippen molar-refractivity contribution in [3.05, 3.63) is 18.5 Å². The molecule has 0 radical (unpaired) electrons. The number of nitrogens with one attached hydrogen (secondary N) is 2. The van der Waals surface area contributed by atoms with E-state index in [0.717, 1.165) is 32.5 Å². The van der Waals surface area contributed by atoms with E-state index in [1.807, 2.05) is 37.7 Å². The van der Waals surface area contributed by atoms with Crippen molar-refractivity contribution in [3.63, 3.8) is 0 Å². The van der Waals surface area contributed by atoms with Crippen molar-refractivity contribution in [2.45, 2.75) is 45.8 Å². The Hall–Kier alpha value is -1.56. The number of carbonyl (C=O) groups is 1. The van der Waals surface area contributed by atoms with Crippen molar-refractivity contribution in [2.24, 2.45) is 0 Å². The summed E-state index contributed by atoms with van der Waals surface area (Å²) in [5, 5.41) is 10.2. The van der Waals surface area contributed by atoms with Gasteiger partial charge in [-0.25, -0.2) is 4.79 Å². The predicted octanol–water partition coefficient (Wildman–Crippen LogP) is 1.78. The van der Waals surface area contributed by atoms with E-state index in [-0.39, 0.29) is 6.09 Å². The van der Waals surface area contributed by atoms with Crippen LogP contribution >= 0.6 is 0 Å². The quantitative estimate of drug-likeness (QED) is 0.713. The molecule has 0 bridgehead atoms. The molecule has 1 aromatic heterocycles. The van der Waals surface area contributed by atoms with Crippen LogP contribution in [0.1, 0.15) is 33.6 Å². The van der Waals surface area contributed by atoms with E-state index in [1.54, 1.807) is 6.20 Å². The molecule has 0 saturated carbocycles. The first-order valence-electron chi connectivity index (χ1n) is 7.12. The van der Waals surface area contributed by atoms with Gasteiger partial charge in [0.05, 0.1) is 0 Å². The molecule has 0 aliphatic rings. The number of rotatable bonds is 8. The summed E-state index contributed by atoms with van der Waals surface area (Å²) in [4.78, 5) is 11.4. The molecule has 0 unspecified atom stereocenters. The zero-order valence-electron chi connectivity index (χ0n) is 12.7. The summed E-state index contributed by atoms with van der Waals surface area (Å²) < 4.78 is 7.07. The lowest BCUT2D eigenvalue weighted by Crippen LogP contribution is -2.34. The molecule has 0 aliphatic heterocycles. The third-order valence-electron chi connectivity index (χ3n) is 2.50. The van der Waals surface area contributed by atoms with Crippen LogP contribution in [0.25, 0.3) is 0 Å². The van der Waals surface area contributed by atoms with Gasteiger partial charge in [-0.15, -0.1) is 0 Å². The van der Waals surface area contributed by atoms with Gasteiger partial charge in [-0.2, -0.15) is 5.10 Å². The van der Waals surface area contributed by atoms with Gasteiger partial charge in [0.15, 0.2) is 0 Å². The minimum Gasteiger partial charge on any atom is -0.444 e. The molecule has 0 atom stereocenters. The first-order chi connectivity index (χ1) is 9.47. The van der Waals surface area contributed by atoms with E-state index < -0.39 is 5.60 Å². The monoisotopic (exact) mass is 282 g/mol. The largest absolute Gasteiger partial charge is 0.444 e. The summed E-state index contributed by atoms with van der Waals surface area (Å²) in [7, 11) is 0. The highest BCUT2D eigenvalue weighted by molar-refractivity contribution is 5.67. The summed E-state index contributed by atoms with van der Waals surface area (Å²) in [6, 6.07) is 1.93. The highest BCUT2D eigenvalue weighted by atomic mass is 16.6. The molecule has 1 aromatic rings. The standard InChI is InChI=1S/C14H26N4O2/c1-14(2,3)20-13(19)16-9-4-7-15-8-5-11-18-12-6-10-17-18/h6,10,12,15H,4-5,7-9,11H2,1-3H3,(H,16,19). The summed E-state index contributed by atoms with van der Waals surface area (Å²) in [5.41, 5.74) is -0.436. The van der Waals surface area contributed by atoms with Gasteiger partial charge in [0, 0.05) is 25.5 Å². The second-order valence-electron chi connectivity index (χ2n) is 5.65. The molecule has 114 valence electrons. The molecule has 1 amide bonds. The van der Waals surface area contributed by atoms with Crippen molar-refractivity contribution < 1.29 is 9.53 Å². The minimum atomic E-state index is -0.436. The summed E-state index contributed by atoms with van der Waals surface area (Å²) in [5.74, 6) is 0. The Bertz CT molecular complexity index is 371. The van der Waals surface area contributed by atoms with E-state index >= 15 is 0 Å². The second-order valence-corrected chi connectivity index (χ2v) is 5.65. The Labute approximate surface area is 120 Å². The third-order valence-corrected chi connectivity index (χ3v) is 2.50. The van der Waals surface area contributed by atoms with Gasteiger partial charge in [-0.3, -0.25) is 4.68 Å². The molecule has 0 fully saturated rings. The van der Waals surface area contributed by atoms with Crippen molar-refractivity contribution >= 4 is 6.09 Å². The number of amides is 1. The molecule has 6 nitrogen and oxygen atoms in total. The fraction of sp³-hybridized carbons (Fsp3) is 0.714. The van der Waals surface area contributed by atoms with Gasteiger partial charge in [-0.05, 0) is 52.8 Å². The number of nitrogens with zero attached hydrogens (tertiary/aromatic N) is 2. The average molecular weight is 282 g/mol. The molecular formula is C14H26N4O2. The third kappa shape index (κ3) is 8.53. The molecule has 2 N–H and O–H groups in total. The Kier molecular flexibility index (Phi) is 7.08. The Morgan fingerprint density at radius 3 is 2.65 bits per heavy atom. The van der Waals surface area contributed by atoms with Gasteiger partial charge in [-0.1, -0.05) is 0 Å². The fourth-order valence-corrected chi connectivity index (χ4v) is 1.64. The molecule has 0 saturated heterocycles. The van der Waals surface area contributed by atoms with Crippen molar-refractivity contribution in [3.8, 4) is 0 Å². The van der Waals surface area contributed by atoms with Crippen LogP contribution in [-0.4, -0.2) is 41.1 Å². The predicted molar refractivity (Wildman–Crippen MR) is 78.6 cm³/mol. The maximum atomic E-state index is 11.4. The normalized spacial score (nSPS) is 11.3. The highest BCUT2D eigenvalue weighted by Crippen LogP contribution is 2.06. The van der Waals surface area contributed by atoms with E-state index in [4.69, 9.17) is 4.74 Å². The number of hydrogen-bond donors (Lipinski definition) is 2. The molecule has 1 rings (SSSR count). The van der Waals surface area contributed by atoms with E-state index in [1.165, 1.54) is 0 Å². The lowest BCUT2D eigenvalue weighted by Gasteiger charge is -2.19. The average Bonchev–Trinajstić information content (AvgIpc) is 2.83. The second kappa shape index (κ2) is 8.58. The van der Waals surface area contributed by atoms with Crippen molar-refractivity contribution in [2.75, 3.05) is 19.6 Å². The first kappa shape index (κ1) is 16.5. The maximum Gasteiger partial charge on any atom is 0.407 e. The minimum absolute atomic E-state index is 0.351. The number of hydrogen-bond acceptors (Lipinski definition) is 4. The molecule has 0 aliphatic carbocycles. The summed E-state index contributed by atoms with van der Waals surface area (Å²) in [6.45, 7) is 8.95. The van der Waals surface area contributed by atoms with Crippen LogP contribution in [0.4, 0.5) is 4.79 Å². The molecule has 20 heavy (non-hydrogen) atoms. The van der Waals surface area contributed by atoms with Crippen molar-refractivity contribution in [1.82, 2.24) is 20.4 Å². The van der Waals surface area contributed by atoms with Gasteiger partial charge in [0.25, 0.3) is 0 Å². The van der Waals surface area contributed by atoms with Crippen molar-refractivity contribution in [1.29, 1.82) is 0 Å². The van der Waals surface area contributed by atoms with E-state index in [0.29, 0.717) is 6.54 Å². The summed E-state index contributed by atoms with van der Waals surface area (Å²) >= 11 is 0. The number of carbonyl (C=O) groups excluding carboxylic acids is 1. The smallest absolute Gasteiger partial charge is 0.407 e. The number of aryl methyl sites for hydroxylation is 1. The SMILES string of the molecule is CC(C)(C)OC(=O)NCCCNCCCn1cccn1. The van der Waals surface area contributed by atoms with Gasteiger partial charge in [0.1, 0.15) is 5.60 Å². The molecule has 6 heteroatoms. The van der Waals surface area contributed by atoms with Crippen LogP contribution in [0.2, 0.25) is 0 Å². The molecule has 1 heterocycles. The van der Waals surface area contributed by atoms with E-state index in [2.05, 4.69) is 15.7 Å². The fourth-order valence-electron chi connectivity index (χ4n) is 1.64. The van der Waals surface area contributed by atoms with Gasteiger partial charge < -0.3 is 15.4 Å². The lowest BCUT2D eigenvalue weighted by atomic mass is 10.2. The number of aromatic nitrogens is 2. The molecule has 0 spiro atoms. The zero-order chi connectivity index (χ0) is 14.8. The van der Waals surface area contributed by atoms with Crippen LogP contribution < -0.4 is 10.6 Å². The Morgan fingerprint density at radius 2 is 2.00 bits per heavy atom. The lowest BCUT2D eigenvalue weighted by molar-refractivity contribution is 0.0527. The highest BCUT2D eigenvalue weighted by Gasteiger charge is 2.15. The number of ether oxygens (including phenoxy) is 1. The Morgan fingerprint density at radius 1 is 1.25 bits per heavy atom. The van der Waals surface area contributed by atoms with Gasteiger partial charge >= 0.3 is 6.09 Å². The maximum absolute atomic E-state index is 11.4. The van der Waals surface area contributed by atoms with Crippen LogP contribution in [0, 0.1) is 0 Å². The van der Waals surface area contributed by atoms with Gasteiger partial charge in [0.2, 0.25) is 0 Å². The Balaban J connectivity index is 1.88. The number of alkyl carbamates (subject to hydrolysis) is 1. The van der Waals surface area contributed by atoms with Crippen LogP contribution in [-0.2, 0) is 11.3 Å². The zero-order valence-corrected chi connectivity index (χ0v) is 12.7. The summed E-state index contributed by atoms with van der Waals surface area (Å²) in [6.07, 6.45) is 5.33. The van der Waals surface area contributed by atoms with Crippen LogP contribution in [0.15, 0.2) is 18.5 Å². The first-order valence-corrected chi connectivity index (χ1v) is 7.12. The van der Waals surface area contributed by atoms with Crippen LogP contribution in [0.3, 0.4) is 0 Å². The topological polar surface area (TPSA) is 68.2 Å². The van der Waals surface area contributed by atoms with E-state index in [9.17, 15) is 4.79 Å². The molecular weight excluding hydrogens is 256 g/mol.